The molecule has 34 heavy (non-hydrogen) atoms. The molecule has 3 aromatic rings. The molecule has 12 heteroatoms. The number of nitrogens with one attached hydrogen (secondary N) is 3. The molecular weight excluding hydrogens is 462 g/mol. The monoisotopic (exact) mass is 487 g/mol. The van der Waals surface area contributed by atoms with Crippen molar-refractivity contribution in [2.45, 2.75) is 43.9 Å². The van der Waals surface area contributed by atoms with Gasteiger partial charge in [-0.15, -0.1) is 0 Å². The number of ether oxygens (including phenoxy) is 1. The van der Waals surface area contributed by atoms with Crippen molar-refractivity contribution in [1.82, 2.24) is 24.5 Å². The van der Waals surface area contributed by atoms with Gasteiger partial charge < -0.3 is 30.4 Å². The zero-order chi connectivity index (χ0) is 23.8. The van der Waals surface area contributed by atoms with Crippen LogP contribution in [0.3, 0.4) is 0 Å². The van der Waals surface area contributed by atoms with Crippen molar-refractivity contribution in [2.75, 3.05) is 30.9 Å². The van der Waals surface area contributed by atoms with Crippen LogP contribution in [0.5, 0.6) is 0 Å². The quantitative estimate of drug-likeness (QED) is 0.414. The van der Waals surface area contributed by atoms with Gasteiger partial charge in [0.1, 0.15) is 22.9 Å². The molecule has 2 aliphatic rings. The van der Waals surface area contributed by atoms with Gasteiger partial charge in [-0.2, -0.15) is 9.61 Å². The van der Waals surface area contributed by atoms with Crippen LogP contribution < -0.4 is 21.5 Å². The molecule has 3 aromatic heterocycles. The molecule has 0 bridgehead atoms. The molecule has 0 unspecified atom stereocenters. The third kappa shape index (κ3) is 4.22. The second-order valence-corrected chi connectivity index (χ2v) is 8.98. The van der Waals surface area contributed by atoms with Crippen LogP contribution in [0.1, 0.15) is 42.1 Å². The number of fused-ring (bicyclic) bond motifs is 1. The molecule has 1 aliphatic heterocycles. The van der Waals surface area contributed by atoms with Gasteiger partial charge in [-0.1, -0.05) is 11.6 Å². The minimum Gasteiger partial charge on any atom is -0.391 e. The third-order valence-electron chi connectivity index (χ3n) is 6.38. The number of anilines is 3. The second kappa shape index (κ2) is 9.24. The van der Waals surface area contributed by atoms with Crippen LogP contribution in [0.2, 0.25) is 5.02 Å². The zero-order valence-corrected chi connectivity index (χ0v) is 19.4. The van der Waals surface area contributed by atoms with Gasteiger partial charge in [0, 0.05) is 38.6 Å². The van der Waals surface area contributed by atoms with Gasteiger partial charge in [0.25, 0.3) is 11.5 Å². The Morgan fingerprint density at radius 2 is 2.03 bits per heavy atom. The number of hydrogen-bond acceptors (Lipinski definition) is 8. The van der Waals surface area contributed by atoms with Crippen molar-refractivity contribution >= 4 is 40.5 Å². The number of carbonyl (C=O) groups is 1. The van der Waals surface area contributed by atoms with Gasteiger partial charge in [0.15, 0.2) is 5.65 Å². The maximum absolute atomic E-state index is 13.2. The number of hydrogen-bond donors (Lipinski definition) is 4. The lowest BCUT2D eigenvalue weighted by Crippen LogP contribution is -2.50. The van der Waals surface area contributed by atoms with Gasteiger partial charge in [0.05, 0.1) is 23.4 Å². The van der Waals surface area contributed by atoms with Crippen LogP contribution in [0, 0.1) is 0 Å². The summed E-state index contributed by atoms with van der Waals surface area (Å²) in [5.74, 6) is 0.560. The smallest absolute Gasteiger partial charge is 0.274 e. The van der Waals surface area contributed by atoms with Crippen molar-refractivity contribution in [3.05, 3.63) is 45.5 Å². The number of nitrogens with zero attached hydrogens (tertiary/aromatic N) is 4. The van der Waals surface area contributed by atoms with E-state index in [1.54, 1.807) is 29.9 Å². The fourth-order valence-electron chi connectivity index (χ4n) is 4.29. The van der Waals surface area contributed by atoms with Gasteiger partial charge >= 0.3 is 0 Å². The maximum atomic E-state index is 13.2. The molecule has 1 saturated heterocycles. The molecule has 1 aliphatic carbocycles. The molecule has 0 spiro atoms. The minimum atomic E-state index is -0.537. The van der Waals surface area contributed by atoms with E-state index in [0.717, 1.165) is 19.3 Å². The first-order valence-electron chi connectivity index (χ1n) is 11.3. The second-order valence-electron chi connectivity index (χ2n) is 8.55. The lowest BCUT2D eigenvalue weighted by atomic mass is 9.89. The van der Waals surface area contributed by atoms with Crippen molar-refractivity contribution in [1.29, 1.82) is 0 Å². The molecule has 0 radical (unpaired) electrons. The SMILES string of the molecule is CNc1cc(Nc2cc(Cl)cn(C3CCOCC3)c2=O)nc2c(C(=O)N[C@@H]3CC[C@@H]3O)cnn12. The lowest BCUT2D eigenvalue weighted by molar-refractivity contribution is 0.0448. The highest BCUT2D eigenvalue weighted by Crippen LogP contribution is 2.25. The van der Waals surface area contributed by atoms with Crippen LogP contribution in [-0.2, 0) is 4.74 Å². The molecular formula is C22H26ClN7O4. The fourth-order valence-corrected chi connectivity index (χ4v) is 4.51. The van der Waals surface area contributed by atoms with E-state index in [0.29, 0.717) is 41.9 Å². The van der Waals surface area contributed by atoms with E-state index in [4.69, 9.17) is 16.3 Å². The van der Waals surface area contributed by atoms with E-state index in [1.165, 1.54) is 10.7 Å². The molecule has 1 saturated carbocycles. The van der Waals surface area contributed by atoms with Gasteiger partial charge in [-0.25, -0.2) is 4.98 Å². The topological polar surface area (TPSA) is 135 Å². The van der Waals surface area contributed by atoms with E-state index in [-0.39, 0.29) is 34.8 Å². The summed E-state index contributed by atoms with van der Waals surface area (Å²) in [6, 6.07) is 2.99. The average Bonchev–Trinajstić information content (AvgIpc) is 3.27. The summed E-state index contributed by atoms with van der Waals surface area (Å²) < 4.78 is 8.57. The van der Waals surface area contributed by atoms with Crippen LogP contribution in [0.15, 0.2) is 29.3 Å². The van der Waals surface area contributed by atoms with E-state index >= 15 is 0 Å². The summed E-state index contributed by atoms with van der Waals surface area (Å²) in [4.78, 5) is 30.6. The Morgan fingerprint density at radius 1 is 1.24 bits per heavy atom. The number of halogens is 1. The molecule has 1 amide bonds. The summed E-state index contributed by atoms with van der Waals surface area (Å²) in [5.41, 5.74) is 0.646. The van der Waals surface area contributed by atoms with Gasteiger partial charge in [-0.3, -0.25) is 9.59 Å². The van der Waals surface area contributed by atoms with Gasteiger partial charge in [-0.05, 0) is 31.7 Å². The first kappa shape index (κ1) is 22.6. The largest absolute Gasteiger partial charge is 0.391 e. The Balaban J connectivity index is 1.49. The Bertz CT molecular complexity index is 1280. The van der Waals surface area contributed by atoms with Crippen LogP contribution in [-0.4, -0.2) is 62.6 Å². The standard InChI is InChI=1S/C22H26ClN7O4/c1-24-19-9-18(26-16-8-12(23)11-29(22(16)33)13-4-6-34-7-5-13)28-20-14(10-25-30(19)20)21(32)27-15-2-3-17(15)31/h8-11,13,15,17,24,31H,2-7H2,1H3,(H,26,28)(H,27,32)/t15-,17+/m1/s1. The van der Waals surface area contributed by atoms with Crippen molar-refractivity contribution in [3.8, 4) is 0 Å². The average molecular weight is 488 g/mol. The summed E-state index contributed by atoms with van der Waals surface area (Å²) in [7, 11) is 1.72. The molecule has 4 N–H and O–H groups in total. The Morgan fingerprint density at radius 3 is 2.71 bits per heavy atom. The molecule has 5 rings (SSSR count). The van der Waals surface area contributed by atoms with Crippen molar-refractivity contribution in [2.24, 2.45) is 0 Å². The normalized spacial score (nSPS) is 20.7. The zero-order valence-electron chi connectivity index (χ0n) is 18.6. The Hall–Kier alpha value is -3.15. The lowest BCUT2D eigenvalue weighted by Gasteiger charge is -2.32. The Labute approximate surface area is 200 Å². The predicted molar refractivity (Wildman–Crippen MR) is 127 cm³/mol. The first-order chi connectivity index (χ1) is 16.4. The molecule has 0 aromatic carbocycles. The van der Waals surface area contributed by atoms with E-state index in [1.807, 2.05) is 0 Å². The van der Waals surface area contributed by atoms with Gasteiger partial charge in [0.2, 0.25) is 0 Å². The Kier molecular flexibility index (Phi) is 6.15. The van der Waals surface area contributed by atoms with Crippen LogP contribution in [0.25, 0.3) is 5.65 Å². The highest BCUT2D eigenvalue weighted by atomic mass is 35.5. The number of aliphatic hydroxyl groups is 1. The summed E-state index contributed by atoms with van der Waals surface area (Å²) in [6.45, 7) is 1.19. The third-order valence-corrected chi connectivity index (χ3v) is 6.59. The predicted octanol–water partition coefficient (Wildman–Crippen LogP) is 1.93. The highest BCUT2D eigenvalue weighted by molar-refractivity contribution is 6.30. The number of carbonyl (C=O) groups excluding carboxylic acids is 1. The summed E-state index contributed by atoms with van der Waals surface area (Å²) in [6.07, 6.45) is 5.41. The van der Waals surface area contributed by atoms with E-state index in [2.05, 4.69) is 26.0 Å². The molecule has 11 nitrogen and oxygen atoms in total. The van der Waals surface area contributed by atoms with Crippen LogP contribution in [0.4, 0.5) is 17.3 Å². The molecule has 2 fully saturated rings. The maximum Gasteiger partial charge on any atom is 0.274 e. The fraction of sp³-hybridized carbons (Fsp3) is 0.455. The summed E-state index contributed by atoms with van der Waals surface area (Å²) in [5, 5.41) is 23.4. The molecule has 180 valence electrons. The first-order valence-corrected chi connectivity index (χ1v) is 11.6. The van der Waals surface area contributed by atoms with Crippen molar-refractivity contribution < 1.29 is 14.6 Å². The number of amides is 1. The van der Waals surface area contributed by atoms with Crippen molar-refractivity contribution in [3.63, 3.8) is 0 Å². The number of aromatic nitrogens is 4. The number of rotatable bonds is 6. The van der Waals surface area contributed by atoms with Crippen LogP contribution >= 0.6 is 11.6 Å². The highest BCUT2D eigenvalue weighted by Gasteiger charge is 2.31. The molecule has 4 heterocycles. The van der Waals surface area contributed by atoms with E-state index < -0.39 is 6.10 Å². The number of pyridine rings is 1. The molecule has 2 atom stereocenters. The minimum absolute atomic E-state index is 0.00999. The van der Waals surface area contributed by atoms with E-state index in [9.17, 15) is 14.7 Å². The number of aliphatic hydroxyl groups excluding tert-OH is 1. The summed E-state index contributed by atoms with van der Waals surface area (Å²) >= 11 is 6.34.